The van der Waals surface area contributed by atoms with Gasteiger partial charge in [-0.15, -0.1) is 6.58 Å². The Labute approximate surface area is 387 Å². The highest BCUT2D eigenvalue weighted by Crippen LogP contribution is 2.21. The van der Waals surface area contributed by atoms with Gasteiger partial charge in [-0.25, -0.2) is 0 Å². The first-order chi connectivity index (χ1) is 30.5. The van der Waals surface area contributed by atoms with Crippen LogP contribution in [0, 0.1) is 11.8 Å². The Morgan fingerprint density at radius 2 is 0.887 bits per heavy atom. The number of carbonyl (C=O) groups is 2. The van der Waals surface area contributed by atoms with E-state index in [9.17, 15) is 14.7 Å². The van der Waals surface area contributed by atoms with Gasteiger partial charge in [0.05, 0.1) is 13.2 Å². The maximum Gasteiger partial charge on any atom is 0.305 e. The van der Waals surface area contributed by atoms with Gasteiger partial charge in [-0.2, -0.15) is 0 Å². The number of nitrogens with zero attached hydrogens (tertiary/aromatic N) is 1. The molecule has 2 atom stereocenters. The average Bonchev–Trinajstić information content (AvgIpc) is 3.27. The summed E-state index contributed by atoms with van der Waals surface area (Å²) < 4.78 is 11.7. The molecular weight excluding hydrogens is 767 g/mol. The minimum atomic E-state index is -0.0612. The minimum absolute atomic E-state index is 0.0229. The van der Waals surface area contributed by atoms with Crippen molar-refractivity contribution in [1.29, 1.82) is 0 Å². The summed E-state index contributed by atoms with van der Waals surface area (Å²) in [6, 6.07) is 0. The molecule has 0 bridgehead atoms. The molecule has 0 aliphatic carbocycles. The minimum Gasteiger partial charge on any atom is -0.465 e. The number of allylic oxidation sites excluding steroid dienone is 2. The molecule has 2 unspecified atom stereocenters. The zero-order valence-electron chi connectivity index (χ0n) is 41.9. The highest BCUT2D eigenvalue weighted by atomic mass is 16.5. The molecule has 0 aromatic carbocycles. The number of ether oxygens (including phenoxy) is 2. The standard InChI is InChI=1S/C56H107NO5/c1-5-9-13-17-21-23-25-29-35-44-54(42-33-27-20-16-12-8-4)52-62-56(60)46-37-31-39-48-57(49-40-50-58)47-38-30-36-45-55(59)61-51-53(41-32-26-19-15-11-7-3)43-34-28-24-22-18-14-10-6-2/h8,33,42,53-54,58H,4-7,9-32,34-41,43-52H2,1-3H3/b42-33-. The Bertz CT molecular complexity index is 968. The van der Waals surface area contributed by atoms with Crippen molar-refractivity contribution < 1.29 is 24.2 Å². The van der Waals surface area contributed by atoms with Gasteiger partial charge in [-0.3, -0.25) is 9.59 Å². The molecule has 0 fully saturated rings. The Kier molecular flexibility index (Phi) is 49.0. The normalized spacial score (nSPS) is 12.7. The fraction of sp³-hybridized carbons (Fsp3) is 0.893. The summed E-state index contributed by atoms with van der Waals surface area (Å²) in [5.41, 5.74) is 0. The van der Waals surface area contributed by atoms with Crippen LogP contribution in [0.25, 0.3) is 0 Å². The van der Waals surface area contributed by atoms with Crippen molar-refractivity contribution in [1.82, 2.24) is 4.90 Å². The van der Waals surface area contributed by atoms with E-state index in [0.717, 1.165) is 83.8 Å². The smallest absolute Gasteiger partial charge is 0.305 e. The summed E-state index contributed by atoms with van der Waals surface area (Å²) in [7, 11) is 0. The van der Waals surface area contributed by atoms with Crippen LogP contribution in [0.5, 0.6) is 0 Å². The molecule has 0 heterocycles. The highest BCUT2D eigenvalue weighted by Gasteiger charge is 2.14. The van der Waals surface area contributed by atoms with Crippen LogP contribution in [0.1, 0.15) is 271 Å². The second-order valence-corrected chi connectivity index (χ2v) is 19.0. The van der Waals surface area contributed by atoms with Crippen LogP contribution >= 0.6 is 0 Å². The van der Waals surface area contributed by atoms with Crippen molar-refractivity contribution >= 4 is 11.9 Å². The molecule has 366 valence electrons. The second kappa shape index (κ2) is 50.3. The molecule has 62 heavy (non-hydrogen) atoms. The van der Waals surface area contributed by atoms with Gasteiger partial charge >= 0.3 is 11.9 Å². The van der Waals surface area contributed by atoms with Crippen LogP contribution in [0.3, 0.4) is 0 Å². The largest absolute Gasteiger partial charge is 0.465 e. The predicted molar refractivity (Wildman–Crippen MR) is 269 cm³/mol. The van der Waals surface area contributed by atoms with Crippen LogP contribution in [-0.4, -0.2) is 61.4 Å². The van der Waals surface area contributed by atoms with E-state index in [0.29, 0.717) is 37.9 Å². The monoisotopic (exact) mass is 874 g/mol. The number of aliphatic hydroxyl groups excluding tert-OH is 1. The van der Waals surface area contributed by atoms with E-state index in [4.69, 9.17) is 9.47 Å². The first kappa shape index (κ1) is 60.3. The zero-order valence-corrected chi connectivity index (χ0v) is 41.9. The Morgan fingerprint density at radius 3 is 1.35 bits per heavy atom. The fourth-order valence-corrected chi connectivity index (χ4v) is 8.63. The molecule has 0 radical (unpaired) electrons. The van der Waals surface area contributed by atoms with Gasteiger partial charge in [0.25, 0.3) is 0 Å². The predicted octanol–water partition coefficient (Wildman–Crippen LogP) is 16.6. The van der Waals surface area contributed by atoms with E-state index in [2.05, 4.69) is 44.4 Å². The van der Waals surface area contributed by atoms with Crippen LogP contribution in [0.15, 0.2) is 24.8 Å². The molecule has 0 saturated carbocycles. The summed E-state index contributed by atoms with van der Waals surface area (Å²) in [6.45, 7) is 14.8. The van der Waals surface area contributed by atoms with Gasteiger partial charge < -0.3 is 19.5 Å². The number of aliphatic hydroxyl groups is 1. The van der Waals surface area contributed by atoms with Gasteiger partial charge in [0.1, 0.15) is 0 Å². The van der Waals surface area contributed by atoms with Crippen molar-refractivity contribution in [2.24, 2.45) is 11.8 Å². The molecular formula is C56H107NO5. The first-order valence-corrected chi connectivity index (χ1v) is 27.4. The van der Waals surface area contributed by atoms with E-state index >= 15 is 0 Å². The summed E-state index contributed by atoms with van der Waals surface area (Å²) in [5, 5.41) is 9.50. The summed E-state index contributed by atoms with van der Waals surface area (Å²) in [4.78, 5) is 27.9. The second-order valence-electron chi connectivity index (χ2n) is 19.0. The Hall–Kier alpha value is -1.66. The third-order valence-corrected chi connectivity index (χ3v) is 12.8. The zero-order chi connectivity index (χ0) is 45.2. The van der Waals surface area contributed by atoms with Crippen molar-refractivity contribution in [2.75, 3.05) is 39.5 Å². The molecule has 0 spiro atoms. The molecule has 0 saturated heterocycles. The van der Waals surface area contributed by atoms with Crippen molar-refractivity contribution in [2.45, 2.75) is 271 Å². The SMILES string of the molecule is C=CCCCC/C=C\C(CCCCCCCCCCC)COC(=O)CCCCCN(CCCO)CCCCCC(=O)OCC(CCCCCCCC)CCCCCCCCCC. The number of esters is 2. The van der Waals surface area contributed by atoms with Gasteiger partial charge in [-0.1, -0.05) is 200 Å². The van der Waals surface area contributed by atoms with Gasteiger partial charge in [0, 0.05) is 31.9 Å². The lowest BCUT2D eigenvalue weighted by Crippen LogP contribution is -2.28. The highest BCUT2D eigenvalue weighted by molar-refractivity contribution is 5.69. The lowest BCUT2D eigenvalue weighted by atomic mass is 9.94. The number of carbonyl (C=O) groups excluding carboxylic acids is 2. The van der Waals surface area contributed by atoms with E-state index in [-0.39, 0.29) is 18.5 Å². The van der Waals surface area contributed by atoms with Gasteiger partial charge in [0.2, 0.25) is 0 Å². The van der Waals surface area contributed by atoms with Crippen LogP contribution in [-0.2, 0) is 19.1 Å². The van der Waals surface area contributed by atoms with E-state index < -0.39 is 0 Å². The van der Waals surface area contributed by atoms with Crippen molar-refractivity contribution in [3.63, 3.8) is 0 Å². The number of hydrogen-bond donors (Lipinski definition) is 1. The molecule has 0 aliphatic rings. The van der Waals surface area contributed by atoms with Crippen LogP contribution in [0.2, 0.25) is 0 Å². The van der Waals surface area contributed by atoms with E-state index in [1.54, 1.807) is 0 Å². The summed E-state index contributed by atoms with van der Waals surface area (Å²) in [5.74, 6) is 0.742. The van der Waals surface area contributed by atoms with Gasteiger partial charge in [-0.05, 0) is 96.1 Å². The van der Waals surface area contributed by atoms with E-state index in [1.165, 1.54) is 173 Å². The molecule has 0 amide bonds. The molecule has 1 N–H and O–H groups in total. The lowest BCUT2D eigenvalue weighted by molar-refractivity contribution is -0.146. The number of rotatable bonds is 51. The Morgan fingerprint density at radius 1 is 0.484 bits per heavy atom. The molecule has 0 rings (SSSR count). The maximum absolute atomic E-state index is 12.7. The molecule has 6 heteroatoms. The van der Waals surface area contributed by atoms with Crippen LogP contribution < -0.4 is 0 Å². The fourth-order valence-electron chi connectivity index (χ4n) is 8.63. The average molecular weight is 874 g/mol. The number of hydrogen-bond acceptors (Lipinski definition) is 6. The van der Waals surface area contributed by atoms with E-state index in [1.807, 2.05) is 6.08 Å². The first-order valence-electron chi connectivity index (χ1n) is 27.4. The quantitative estimate of drug-likeness (QED) is 0.0373. The lowest BCUT2D eigenvalue weighted by Gasteiger charge is -2.22. The van der Waals surface area contributed by atoms with Crippen molar-refractivity contribution in [3.8, 4) is 0 Å². The van der Waals surface area contributed by atoms with Crippen LogP contribution in [0.4, 0.5) is 0 Å². The molecule has 0 aromatic rings. The molecule has 6 nitrogen and oxygen atoms in total. The molecule has 0 aromatic heterocycles. The summed E-state index contributed by atoms with van der Waals surface area (Å²) in [6.07, 6.45) is 52.8. The number of unbranched alkanes of at least 4 members (excludes halogenated alkanes) is 27. The maximum atomic E-state index is 12.7. The third kappa shape index (κ3) is 44.9. The molecule has 0 aliphatic heterocycles. The Balaban J connectivity index is 4.47. The van der Waals surface area contributed by atoms with Gasteiger partial charge in [0.15, 0.2) is 0 Å². The summed E-state index contributed by atoms with van der Waals surface area (Å²) >= 11 is 0. The van der Waals surface area contributed by atoms with Crippen molar-refractivity contribution in [3.05, 3.63) is 24.8 Å². The topological polar surface area (TPSA) is 76.1 Å². The third-order valence-electron chi connectivity index (χ3n) is 12.8.